The number of azide groups is 1. The molecule has 1 aliphatic heterocycles. The number of halogens is 1. The van der Waals surface area contributed by atoms with Crippen LogP contribution in [0.1, 0.15) is 6.42 Å². The highest BCUT2D eigenvalue weighted by Crippen LogP contribution is 2.27. The van der Waals surface area contributed by atoms with E-state index < -0.39 is 24.3 Å². The van der Waals surface area contributed by atoms with E-state index in [4.69, 9.17) is 5.53 Å². The van der Waals surface area contributed by atoms with Crippen LogP contribution in [0.2, 0.25) is 0 Å². The van der Waals surface area contributed by atoms with Crippen LogP contribution in [0.25, 0.3) is 21.3 Å². The van der Waals surface area contributed by atoms with Crippen molar-refractivity contribution in [3.63, 3.8) is 0 Å². The molecule has 1 aromatic carbocycles. The number of amides is 2. The van der Waals surface area contributed by atoms with Gasteiger partial charge in [0.1, 0.15) is 6.17 Å². The average Bonchev–Trinajstić information content (AvgIpc) is 3.14. The second kappa shape index (κ2) is 6.70. The highest BCUT2D eigenvalue weighted by Gasteiger charge is 2.35. The Morgan fingerprint density at radius 1 is 1.44 bits per heavy atom. The lowest BCUT2D eigenvalue weighted by atomic mass is 10.2. The van der Waals surface area contributed by atoms with E-state index in [1.54, 1.807) is 24.3 Å². The molecule has 0 radical (unpaired) electrons. The summed E-state index contributed by atoms with van der Waals surface area (Å²) in [6.07, 6.45) is -0.965. The monoisotopic (exact) mass is 346 g/mol. The van der Waals surface area contributed by atoms with Crippen LogP contribution in [0.3, 0.4) is 0 Å². The fraction of sp³-hybridized carbons (Fsp3) is 0.333. The highest BCUT2D eigenvalue weighted by molar-refractivity contribution is 6.04. The molecule has 25 heavy (non-hydrogen) atoms. The molecule has 0 spiro atoms. The maximum absolute atomic E-state index is 13.7. The molecule has 2 atom stereocenters. The van der Waals surface area contributed by atoms with Gasteiger partial charge in [-0.1, -0.05) is 23.3 Å². The van der Waals surface area contributed by atoms with Crippen molar-refractivity contribution in [2.24, 2.45) is 5.11 Å². The van der Waals surface area contributed by atoms with Crippen molar-refractivity contribution in [3.8, 4) is 0 Å². The summed E-state index contributed by atoms with van der Waals surface area (Å²) in [7, 11) is 0. The Morgan fingerprint density at radius 2 is 2.20 bits per heavy atom. The maximum Gasteiger partial charge on any atom is 0.416 e. The van der Waals surface area contributed by atoms with Crippen LogP contribution in [0.5, 0.6) is 0 Å². The van der Waals surface area contributed by atoms with Gasteiger partial charge in [-0.15, -0.1) is 0 Å². The molecule has 1 aromatic heterocycles. The lowest BCUT2D eigenvalue weighted by Gasteiger charge is -2.23. The van der Waals surface area contributed by atoms with E-state index in [1.165, 1.54) is 11.1 Å². The van der Waals surface area contributed by atoms with Gasteiger partial charge in [0.05, 0.1) is 17.7 Å². The lowest BCUT2D eigenvalue weighted by Crippen LogP contribution is -2.40. The number of urea groups is 1. The summed E-state index contributed by atoms with van der Waals surface area (Å²) in [5.74, 6) is 0. The van der Waals surface area contributed by atoms with Crippen LogP contribution in [-0.4, -0.2) is 52.0 Å². The number of nitrogens with zero attached hydrogens (tertiary/aromatic N) is 5. The van der Waals surface area contributed by atoms with Crippen LogP contribution in [0.4, 0.5) is 19.7 Å². The van der Waals surface area contributed by atoms with Gasteiger partial charge in [0.15, 0.2) is 0 Å². The molecule has 2 amide bonds. The van der Waals surface area contributed by atoms with Crippen molar-refractivity contribution in [2.45, 2.75) is 18.6 Å². The zero-order chi connectivity index (χ0) is 18.0. The molecule has 2 heterocycles. The van der Waals surface area contributed by atoms with Gasteiger partial charge in [-0.2, -0.15) is 0 Å². The fourth-order valence-corrected chi connectivity index (χ4v) is 3.04. The first-order valence-electron chi connectivity index (χ1n) is 7.57. The van der Waals surface area contributed by atoms with E-state index in [0.717, 1.165) is 4.57 Å². The number of carbonyl (C=O) groups excluding carboxylic acids is 1. The number of hydrogen-bond donors (Lipinski definition) is 2. The van der Waals surface area contributed by atoms with Gasteiger partial charge in [0.2, 0.25) is 0 Å². The number of carboxylic acid groups (broad SMARTS) is 1. The molecule has 9 nitrogen and oxygen atoms in total. The molecule has 0 unspecified atom stereocenters. The van der Waals surface area contributed by atoms with E-state index in [0.29, 0.717) is 16.6 Å². The van der Waals surface area contributed by atoms with Crippen molar-refractivity contribution >= 4 is 28.7 Å². The summed E-state index contributed by atoms with van der Waals surface area (Å²) in [4.78, 5) is 27.8. The van der Waals surface area contributed by atoms with Crippen LogP contribution in [0.15, 0.2) is 35.6 Å². The molecule has 0 aliphatic carbocycles. The molecule has 0 saturated carbocycles. The van der Waals surface area contributed by atoms with Crippen LogP contribution >= 0.6 is 0 Å². The van der Waals surface area contributed by atoms with Crippen molar-refractivity contribution < 1.29 is 19.1 Å². The fourth-order valence-electron chi connectivity index (χ4n) is 3.04. The minimum absolute atomic E-state index is 0.0127. The number of para-hydroxylation sites is 1. The zero-order valence-electron chi connectivity index (χ0n) is 13.0. The summed E-state index contributed by atoms with van der Waals surface area (Å²) in [6.45, 7) is -0.115. The average molecular weight is 346 g/mol. The Bertz CT molecular complexity index is 875. The number of likely N-dealkylation sites (tertiary alicyclic amines) is 1. The van der Waals surface area contributed by atoms with E-state index in [-0.39, 0.29) is 19.5 Å². The topological polar surface area (TPSA) is 123 Å². The number of anilines is 1. The van der Waals surface area contributed by atoms with Gasteiger partial charge < -0.3 is 15.3 Å². The largest absolute Gasteiger partial charge is 0.464 e. The van der Waals surface area contributed by atoms with Gasteiger partial charge in [-0.3, -0.25) is 4.57 Å². The molecule has 1 aliphatic rings. The summed E-state index contributed by atoms with van der Waals surface area (Å²) < 4.78 is 14.7. The second-order valence-electron chi connectivity index (χ2n) is 5.70. The molecule has 2 aromatic rings. The molecule has 1 fully saturated rings. The molecule has 2 N–H and O–H groups in total. The molecule has 1 saturated heterocycles. The lowest BCUT2D eigenvalue weighted by molar-refractivity contribution is 0.197. The van der Waals surface area contributed by atoms with Crippen LogP contribution < -0.4 is 5.32 Å². The van der Waals surface area contributed by atoms with E-state index in [2.05, 4.69) is 15.3 Å². The predicted molar refractivity (Wildman–Crippen MR) is 88.4 cm³/mol. The number of aromatic nitrogens is 1. The molecule has 0 bridgehead atoms. The molecular weight excluding hydrogens is 331 g/mol. The van der Waals surface area contributed by atoms with Crippen LogP contribution in [0, 0.1) is 0 Å². The minimum atomic E-state index is -1.19. The first-order chi connectivity index (χ1) is 12.0. The minimum Gasteiger partial charge on any atom is -0.464 e. The van der Waals surface area contributed by atoms with E-state index in [1.807, 2.05) is 0 Å². The Hall–Kier alpha value is -3.26. The quantitative estimate of drug-likeness (QED) is 0.502. The van der Waals surface area contributed by atoms with Crippen molar-refractivity contribution in [1.29, 1.82) is 0 Å². The van der Waals surface area contributed by atoms with E-state index >= 15 is 0 Å². The zero-order valence-corrected chi connectivity index (χ0v) is 13.0. The van der Waals surface area contributed by atoms with Crippen molar-refractivity contribution in [3.05, 3.63) is 40.9 Å². The maximum atomic E-state index is 13.7. The number of nitrogens with one attached hydrogen (secondary N) is 1. The third-order valence-corrected chi connectivity index (χ3v) is 4.14. The first-order valence-corrected chi connectivity index (χ1v) is 7.57. The molecular formula is C15H15FN6O3. The third kappa shape index (κ3) is 3.20. The Morgan fingerprint density at radius 3 is 2.92 bits per heavy atom. The number of benzene rings is 1. The smallest absolute Gasteiger partial charge is 0.416 e. The number of carbonyl (C=O) groups is 2. The van der Waals surface area contributed by atoms with Crippen LogP contribution in [-0.2, 0) is 0 Å². The number of rotatable bonds is 3. The van der Waals surface area contributed by atoms with Crippen molar-refractivity contribution in [2.75, 3.05) is 18.4 Å². The summed E-state index contributed by atoms with van der Waals surface area (Å²) >= 11 is 0. The number of alkyl halides is 1. The normalized spacial score (nSPS) is 19.6. The number of fused-ring (bicyclic) bond motifs is 1. The predicted octanol–water partition coefficient (Wildman–Crippen LogP) is 3.42. The SMILES string of the molecule is [N-]=[N+]=NC[C@@H]1C[C@@H](F)CN1C(=O)Nc1cn(C(=O)O)c2ccccc12. The van der Waals surface area contributed by atoms with Gasteiger partial charge in [-0.05, 0) is 11.6 Å². The third-order valence-electron chi connectivity index (χ3n) is 4.14. The Kier molecular flexibility index (Phi) is 4.44. The van der Waals surface area contributed by atoms with Gasteiger partial charge in [0, 0.05) is 35.5 Å². The Labute approximate surface area is 141 Å². The summed E-state index contributed by atoms with van der Waals surface area (Å²) in [5, 5.41) is 15.9. The number of hydrogen-bond acceptors (Lipinski definition) is 3. The summed E-state index contributed by atoms with van der Waals surface area (Å²) in [5.41, 5.74) is 9.16. The molecule has 10 heteroatoms. The van der Waals surface area contributed by atoms with Gasteiger partial charge in [0.25, 0.3) is 0 Å². The highest BCUT2D eigenvalue weighted by atomic mass is 19.1. The Balaban J connectivity index is 1.87. The first kappa shape index (κ1) is 16.6. The van der Waals surface area contributed by atoms with E-state index in [9.17, 15) is 19.1 Å². The van der Waals surface area contributed by atoms with Gasteiger partial charge in [-0.25, -0.2) is 14.0 Å². The van der Waals surface area contributed by atoms with Crippen molar-refractivity contribution in [1.82, 2.24) is 9.47 Å². The molecule has 3 rings (SSSR count). The van der Waals surface area contributed by atoms with Gasteiger partial charge >= 0.3 is 12.1 Å². The summed E-state index contributed by atoms with van der Waals surface area (Å²) in [6, 6.07) is 5.63. The molecule has 130 valence electrons. The second-order valence-corrected chi connectivity index (χ2v) is 5.70. The standard InChI is InChI=1S/C15H15FN6O3/c16-9-5-10(6-18-20-17)21(7-9)14(23)19-12-8-22(15(24)25)13-4-2-1-3-11(12)13/h1-4,8-10H,5-7H2,(H,19,23)(H,24,25)/t9-,10+/m1/s1.